The smallest absolute Gasteiger partial charge is 0.225 e. The van der Waals surface area contributed by atoms with Gasteiger partial charge in [-0.15, -0.1) is 0 Å². The summed E-state index contributed by atoms with van der Waals surface area (Å²) < 4.78 is 0. The molecular weight excluding hydrogens is 262 g/mol. The lowest BCUT2D eigenvalue weighted by molar-refractivity contribution is 0.103. The van der Waals surface area contributed by atoms with Crippen LogP contribution < -0.4 is 4.90 Å². The molecule has 0 aliphatic carbocycles. The Morgan fingerprint density at radius 2 is 1.67 bits per heavy atom. The summed E-state index contributed by atoms with van der Waals surface area (Å²) in [4.78, 5) is 16.3. The maximum atomic E-state index is 4.36. The molecule has 1 aromatic rings. The fourth-order valence-electron chi connectivity index (χ4n) is 3.57. The molecule has 2 saturated heterocycles. The number of piperidine rings is 1. The topological polar surface area (TPSA) is 35.5 Å². The molecule has 0 radical (unpaired) electrons. The highest BCUT2D eigenvalue weighted by Crippen LogP contribution is 2.19. The molecule has 5 heteroatoms. The first-order chi connectivity index (χ1) is 10.4. The molecule has 0 saturated carbocycles. The first-order valence-corrected chi connectivity index (χ1v) is 8.35. The molecule has 2 aliphatic rings. The van der Waals surface area contributed by atoms with Crippen molar-refractivity contribution >= 4 is 5.95 Å². The van der Waals surface area contributed by atoms with E-state index >= 15 is 0 Å². The third-order valence-electron chi connectivity index (χ3n) is 4.76. The average molecular weight is 289 g/mol. The van der Waals surface area contributed by atoms with Gasteiger partial charge in [0.1, 0.15) is 0 Å². The van der Waals surface area contributed by atoms with E-state index in [1.165, 1.54) is 38.9 Å². The fourth-order valence-corrected chi connectivity index (χ4v) is 3.57. The number of hydrogen-bond acceptors (Lipinski definition) is 5. The van der Waals surface area contributed by atoms with Gasteiger partial charge in [-0.2, -0.15) is 0 Å². The highest BCUT2D eigenvalue weighted by molar-refractivity contribution is 5.29. The summed E-state index contributed by atoms with van der Waals surface area (Å²) in [6, 6.07) is 2.67. The molecule has 0 spiro atoms. The van der Waals surface area contributed by atoms with Gasteiger partial charge < -0.3 is 9.80 Å². The second kappa shape index (κ2) is 7.18. The third kappa shape index (κ3) is 3.71. The Morgan fingerprint density at radius 3 is 2.29 bits per heavy atom. The summed E-state index contributed by atoms with van der Waals surface area (Å²) in [6.45, 7) is 10.5. The molecule has 0 atom stereocenters. The van der Waals surface area contributed by atoms with Crippen LogP contribution in [0.25, 0.3) is 0 Å². The molecule has 0 amide bonds. The molecule has 1 aromatic heterocycles. The Morgan fingerprint density at radius 1 is 1.00 bits per heavy atom. The third-order valence-corrected chi connectivity index (χ3v) is 4.76. The molecule has 5 nitrogen and oxygen atoms in total. The number of piperazine rings is 1. The SMILES string of the molecule is CCCN1CCC(N2CCN(c3ncccn3)CC2)CC1. The minimum atomic E-state index is 0.789. The van der Waals surface area contributed by atoms with Crippen molar-refractivity contribution in [2.24, 2.45) is 0 Å². The lowest BCUT2D eigenvalue weighted by Gasteiger charge is -2.42. The number of likely N-dealkylation sites (tertiary alicyclic amines) is 1. The van der Waals surface area contributed by atoms with Crippen molar-refractivity contribution < 1.29 is 0 Å². The Balaban J connectivity index is 1.46. The molecule has 116 valence electrons. The molecule has 2 fully saturated rings. The number of aromatic nitrogens is 2. The highest BCUT2D eigenvalue weighted by atomic mass is 15.3. The normalized spacial score (nSPS) is 22.6. The van der Waals surface area contributed by atoms with Crippen molar-refractivity contribution in [3.63, 3.8) is 0 Å². The average Bonchev–Trinajstić information content (AvgIpc) is 2.57. The predicted molar refractivity (Wildman–Crippen MR) is 85.6 cm³/mol. The fraction of sp³-hybridized carbons (Fsp3) is 0.750. The van der Waals surface area contributed by atoms with Gasteiger partial charge in [0.25, 0.3) is 0 Å². The molecule has 0 aromatic carbocycles. The molecule has 3 heterocycles. The Labute approximate surface area is 128 Å². The lowest BCUT2D eigenvalue weighted by atomic mass is 10.0. The zero-order chi connectivity index (χ0) is 14.5. The van der Waals surface area contributed by atoms with Crippen LogP contribution in [0.1, 0.15) is 26.2 Å². The summed E-state index contributed by atoms with van der Waals surface area (Å²) in [7, 11) is 0. The van der Waals surface area contributed by atoms with Gasteiger partial charge in [-0.1, -0.05) is 6.92 Å². The van der Waals surface area contributed by atoms with Gasteiger partial charge >= 0.3 is 0 Å². The molecule has 3 rings (SSSR count). The predicted octanol–water partition coefficient (Wildman–Crippen LogP) is 1.47. The molecule has 21 heavy (non-hydrogen) atoms. The van der Waals surface area contributed by atoms with Crippen LogP contribution in [-0.4, -0.2) is 71.6 Å². The quantitative estimate of drug-likeness (QED) is 0.839. The van der Waals surface area contributed by atoms with Gasteiger partial charge in [0.15, 0.2) is 0 Å². The van der Waals surface area contributed by atoms with Gasteiger partial charge in [-0.05, 0) is 45.0 Å². The van der Waals surface area contributed by atoms with E-state index in [4.69, 9.17) is 0 Å². The van der Waals surface area contributed by atoms with E-state index in [0.29, 0.717) is 0 Å². The Hall–Kier alpha value is -1.20. The van der Waals surface area contributed by atoms with Crippen molar-refractivity contribution in [1.82, 2.24) is 19.8 Å². The number of rotatable bonds is 4. The number of hydrogen-bond donors (Lipinski definition) is 0. The van der Waals surface area contributed by atoms with Crippen LogP contribution in [0.2, 0.25) is 0 Å². The maximum absolute atomic E-state index is 4.36. The van der Waals surface area contributed by atoms with Crippen LogP contribution in [0, 0.1) is 0 Å². The molecular formula is C16H27N5. The molecule has 2 aliphatic heterocycles. The summed E-state index contributed by atoms with van der Waals surface area (Å²) >= 11 is 0. The molecule has 0 unspecified atom stereocenters. The number of nitrogens with zero attached hydrogens (tertiary/aromatic N) is 5. The van der Waals surface area contributed by atoms with Gasteiger partial charge in [0.2, 0.25) is 5.95 Å². The van der Waals surface area contributed by atoms with Gasteiger partial charge in [0, 0.05) is 44.6 Å². The Kier molecular flexibility index (Phi) is 5.04. The minimum Gasteiger partial charge on any atom is -0.338 e. The van der Waals surface area contributed by atoms with E-state index < -0.39 is 0 Å². The summed E-state index contributed by atoms with van der Waals surface area (Å²) in [5.41, 5.74) is 0. The first-order valence-electron chi connectivity index (χ1n) is 8.35. The molecule has 0 bridgehead atoms. The zero-order valence-electron chi connectivity index (χ0n) is 13.1. The van der Waals surface area contributed by atoms with E-state index in [1.807, 2.05) is 18.5 Å². The summed E-state index contributed by atoms with van der Waals surface area (Å²) in [5, 5.41) is 0. The van der Waals surface area contributed by atoms with Crippen LogP contribution in [0.5, 0.6) is 0 Å². The van der Waals surface area contributed by atoms with Gasteiger partial charge in [0.05, 0.1) is 0 Å². The lowest BCUT2D eigenvalue weighted by Crippen LogP contribution is -2.53. The molecule has 0 N–H and O–H groups in total. The second-order valence-electron chi connectivity index (χ2n) is 6.14. The summed E-state index contributed by atoms with van der Waals surface area (Å²) in [6.07, 6.45) is 7.61. The van der Waals surface area contributed by atoms with Crippen molar-refractivity contribution in [3.05, 3.63) is 18.5 Å². The van der Waals surface area contributed by atoms with Crippen LogP contribution in [0.4, 0.5) is 5.95 Å². The summed E-state index contributed by atoms with van der Waals surface area (Å²) in [5.74, 6) is 0.884. The largest absolute Gasteiger partial charge is 0.338 e. The van der Waals surface area contributed by atoms with Crippen molar-refractivity contribution in [2.75, 3.05) is 50.7 Å². The maximum Gasteiger partial charge on any atom is 0.225 e. The first kappa shape index (κ1) is 14.7. The van der Waals surface area contributed by atoms with Crippen LogP contribution >= 0.6 is 0 Å². The van der Waals surface area contributed by atoms with Crippen LogP contribution in [-0.2, 0) is 0 Å². The van der Waals surface area contributed by atoms with E-state index in [9.17, 15) is 0 Å². The van der Waals surface area contributed by atoms with E-state index in [0.717, 1.165) is 38.2 Å². The van der Waals surface area contributed by atoms with Gasteiger partial charge in [-0.3, -0.25) is 4.90 Å². The van der Waals surface area contributed by atoms with E-state index in [2.05, 4.69) is 31.6 Å². The zero-order valence-corrected chi connectivity index (χ0v) is 13.1. The monoisotopic (exact) mass is 289 g/mol. The van der Waals surface area contributed by atoms with Crippen LogP contribution in [0.3, 0.4) is 0 Å². The van der Waals surface area contributed by atoms with E-state index in [-0.39, 0.29) is 0 Å². The van der Waals surface area contributed by atoms with E-state index in [1.54, 1.807) is 0 Å². The van der Waals surface area contributed by atoms with Crippen molar-refractivity contribution in [2.45, 2.75) is 32.2 Å². The van der Waals surface area contributed by atoms with Crippen molar-refractivity contribution in [1.29, 1.82) is 0 Å². The minimum absolute atomic E-state index is 0.789. The van der Waals surface area contributed by atoms with Crippen LogP contribution in [0.15, 0.2) is 18.5 Å². The second-order valence-corrected chi connectivity index (χ2v) is 6.14. The Bertz CT molecular complexity index is 408. The van der Waals surface area contributed by atoms with Gasteiger partial charge in [-0.25, -0.2) is 9.97 Å². The van der Waals surface area contributed by atoms with Crippen molar-refractivity contribution in [3.8, 4) is 0 Å². The number of anilines is 1. The standard InChI is InChI=1S/C16H27N5/c1-2-8-19-9-4-15(5-10-19)20-11-13-21(14-12-20)16-17-6-3-7-18-16/h3,6-7,15H,2,4-5,8-14H2,1H3. The highest BCUT2D eigenvalue weighted by Gasteiger charge is 2.27.